The Balaban J connectivity index is 1.28. The molecule has 4 rings (SSSR count). The van der Waals surface area contributed by atoms with Gasteiger partial charge in [0.25, 0.3) is 0 Å². The van der Waals surface area contributed by atoms with Crippen molar-refractivity contribution in [3.63, 3.8) is 0 Å². The van der Waals surface area contributed by atoms with Crippen molar-refractivity contribution in [2.75, 3.05) is 36.7 Å². The first-order chi connectivity index (χ1) is 15.5. The molecule has 8 nitrogen and oxygen atoms in total. The number of anilines is 3. The van der Waals surface area contributed by atoms with E-state index in [2.05, 4.69) is 34.9 Å². The predicted molar refractivity (Wildman–Crippen MR) is 128 cm³/mol. The molecule has 3 N–H and O–H groups in total. The van der Waals surface area contributed by atoms with E-state index in [1.165, 1.54) is 24.1 Å². The number of amides is 2. The van der Waals surface area contributed by atoms with Crippen LogP contribution in [0.25, 0.3) is 0 Å². The van der Waals surface area contributed by atoms with Gasteiger partial charge in [-0.25, -0.2) is 9.78 Å². The Labute approximate surface area is 190 Å². The molecule has 172 valence electrons. The van der Waals surface area contributed by atoms with Gasteiger partial charge in [-0.1, -0.05) is 0 Å². The summed E-state index contributed by atoms with van der Waals surface area (Å²) >= 11 is 0. The van der Waals surface area contributed by atoms with Crippen molar-refractivity contribution in [2.24, 2.45) is 0 Å². The lowest BCUT2D eigenvalue weighted by atomic mass is 9.91. The number of ether oxygens (including phenoxy) is 1. The topological polar surface area (TPSA) is 91.4 Å². The summed E-state index contributed by atoms with van der Waals surface area (Å²) in [5, 5.41) is 9.55. The molecular weight excluding hydrogens is 404 g/mol. The van der Waals surface area contributed by atoms with Gasteiger partial charge in [-0.2, -0.15) is 4.98 Å². The second-order valence-electron chi connectivity index (χ2n) is 8.92. The zero-order chi connectivity index (χ0) is 22.5. The molecule has 2 amide bonds. The summed E-state index contributed by atoms with van der Waals surface area (Å²) in [6.45, 7) is 0. The summed E-state index contributed by atoms with van der Waals surface area (Å²) in [6.07, 6.45) is 8.33. The number of carbonyl (C=O) groups excluding carboxylic acids is 1. The molecule has 0 aliphatic heterocycles. The summed E-state index contributed by atoms with van der Waals surface area (Å²) < 4.78 is 5.15. The van der Waals surface area contributed by atoms with Crippen LogP contribution in [0.3, 0.4) is 0 Å². The molecule has 1 fully saturated rings. The molecule has 1 heterocycles. The molecule has 0 radical (unpaired) electrons. The monoisotopic (exact) mass is 438 g/mol. The minimum absolute atomic E-state index is 0.166. The third-order valence-electron chi connectivity index (χ3n) is 6.33. The highest BCUT2D eigenvalue weighted by atomic mass is 16.5. The Kier molecular flexibility index (Phi) is 6.97. The van der Waals surface area contributed by atoms with Gasteiger partial charge in [0.15, 0.2) is 0 Å². The minimum atomic E-state index is -0.166. The average molecular weight is 439 g/mol. The van der Waals surface area contributed by atoms with Gasteiger partial charge in [-0.15, -0.1) is 0 Å². The van der Waals surface area contributed by atoms with Gasteiger partial charge in [0, 0.05) is 37.4 Å². The number of methoxy groups -OCH3 is 1. The lowest BCUT2D eigenvalue weighted by Crippen LogP contribution is -2.42. The van der Waals surface area contributed by atoms with E-state index in [9.17, 15) is 4.79 Å². The highest BCUT2D eigenvalue weighted by molar-refractivity contribution is 5.89. The summed E-state index contributed by atoms with van der Waals surface area (Å²) in [5.74, 6) is 2.55. The normalized spacial score (nSPS) is 20.1. The van der Waals surface area contributed by atoms with Crippen molar-refractivity contribution in [1.29, 1.82) is 0 Å². The van der Waals surface area contributed by atoms with Crippen LogP contribution in [0, 0.1) is 0 Å². The lowest BCUT2D eigenvalue weighted by molar-refractivity contribution is 0.243. The van der Waals surface area contributed by atoms with Gasteiger partial charge >= 0.3 is 6.03 Å². The zero-order valence-electron chi connectivity index (χ0n) is 19.3. The molecule has 0 spiro atoms. The van der Waals surface area contributed by atoms with E-state index in [4.69, 9.17) is 14.7 Å². The number of carbonyl (C=O) groups is 1. The van der Waals surface area contributed by atoms with Crippen LogP contribution in [-0.2, 0) is 12.8 Å². The van der Waals surface area contributed by atoms with Crippen molar-refractivity contribution in [3.05, 3.63) is 35.5 Å². The molecule has 1 aromatic heterocycles. The lowest BCUT2D eigenvalue weighted by Gasteiger charge is -2.30. The smallest absolute Gasteiger partial charge is 0.319 e. The maximum atomic E-state index is 12.4. The molecule has 2 aliphatic rings. The van der Waals surface area contributed by atoms with Crippen LogP contribution in [0.1, 0.15) is 49.8 Å². The number of rotatable bonds is 6. The zero-order valence-corrected chi connectivity index (χ0v) is 19.3. The van der Waals surface area contributed by atoms with Gasteiger partial charge in [0.05, 0.1) is 12.8 Å². The Hall–Kier alpha value is -3.03. The maximum Gasteiger partial charge on any atom is 0.319 e. The number of aryl methyl sites for hydroxylation is 1. The second-order valence-corrected chi connectivity index (χ2v) is 8.92. The van der Waals surface area contributed by atoms with E-state index in [1.807, 2.05) is 24.3 Å². The van der Waals surface area contributed by atoms with Crippen molar-refractivity contribution >= 4 is 23.5 Å². The Morgan fingerprint density at radius 1 is 1.00 bits per heavy atom. The summed E-state index contributed by atoms with van der Waals surface area (Å²) in [5.41, 5.74) is 3.26. The molecule has 32 heavy (non-hydrogen) atoms. The number of aromatic nitrogens is 2. The number of nitrogens with one attached hydrogen (secondary N) is 3. The summed E-state index contributed by atoms with van der Waals surface area (Å²) in [7, 11) is 5.73. The predicted octanol–water partition coefficient (Wildman–Crippen LogP) is 3.97. The van der Waals surface area contributed by atoms with Crippen LogP contribution >= 0.6 is 0 Å². The van der Waals surface area contributed by atoms with Crippen LogP contribution in [0.4, 0.5) is 22.2 Å². The first kappa shape index (κ1) is 22.2. The number of hydrogen-bond acceptors (Lipinski definition) is 6. The highest BCUT2D eigenvalue weighted by Gasteiger charge is 2.25. The molecule has 0 atom stereocenters. The van der Waals surface area contributed by atoms with E-state index in [-0.39, 0.29) is 12.1 Å². The van der Waals surface area contributed by atoms with E-state index < -0.39 is 0 Å². The van der Waals surface area contributed by atoms with Gasteiger partial charge in [0.2, 0.25) is 5.95 Å². The summed E-state index contributed by atoms with van der Waals surface area (Å²) in [6, 6.07) is 7.66. The minimum Gasteiger partial charge on any atom is -0.497 e. The summed E-state index contributed by atoms with van der Waals surface area (Å²) in [4.78, 5) is 24.1. The van der Waals surface area contributed by atoms with Gasteiger partial charge in [0.1, 0.15) is 11.6 Å². The van der Waals surface area contributed by atoms with Gasteiger partial charge < -0.3 is 25.6 Å². The van der Waals surface area contributed by atoms with E-state index in [1.54, 1.807) is 7.11 Å². The first-order valence-corrected chi connectivity index (χ1v) is 11.6. The van der Waals surface area contributed by atoms with Crippen LogP contribution in [0.15, 0.2) is 24.3 Å². The average Bonchev–Trinajstić information content (AvgIpc) is 2.80. The van der Waals surface area contributed by atoms with E-state index in [0.29, 0.717) is 6.04 Å². The fraction of sp³-hybridized carbons (Fsp3) is 0.542. The largest absolute Gasteiger partial charge is 0.497 e. The fourth-order valence-corrected chi connectivity index (χ4v) is 4.60. The van der Waals surface area contributed by atoms with E-state index >= 15 is 0 Å². The molecular formula is C24H34N6O2. The van der Waals surface area contributed by atoms with Crippen molar-refractivity contribution < 1.29 is 9.53 Å². The van der Waals surface area contributed by atoms with Gasteiger partial charge in [-0.05, 0) is 75.6 Å². The molecule has 8 heteroatoms. The van der Waals surface area contributed by atoms with Crippen LogP contribution in [-0.4, -0.2) is 49.3 Å². The van der Waals surface area contributed by atoms with Crippen LogP contribution < -0.4 is 25.6 Å². The number of benzene rings is 1. The third kappa shape index (κ3) is 5.41. The first-order valence-electron chi connectivity index (χ1n) is 11.6. The molecule has 2 aromatic rings. The molecule has 2 aliphatic carbocycles. The Morgan fingerprint density at radius 3 is 2.38 bits per heavy atom. The quantitative estimate of drug-likeness (QED) is 0.632. The molecule has 0 bridgehead atoms. The Morgan fingerprint density at radius 2 is 1.69 bits per heavy atom. The number of urea groups is 1. The number of fused-ring (bicyclic) bond motifs is 1. The molecule has 0 unspecified atom stereocenters. The van der Waals surface area contributed by atoms with Crippen molar-refractivity contribution in [3.8, 4) is 5.75 Å². The van der Waals surface area contributed by atoms with Gasteiger partial charge in [-0.3, -0.25) is 0 Å². The maximum absolute atomic E-state index is 12.4. The van der Waals surface area contributed by atoms with Crippen molar-refractivity contribution in [1.82, 2.24) is 15.3 Å². The molecule has 0 saturated heterocycles. The van der Waals surface area contributed by atoms with Crippen LogP contribution in [0.5, 0.6) is 5.75 Å². The third-order valence-corrected chi connectivity index (χ3v) is 6.33. The highest BCUT2D eigenvalue weighted by Crippen LogP contribution is 2.29. The SMILES string of the molecule is COc1ccc(NC(=O)N[C@H]2CC[C@@H](Nc3nc4c(c(N(C)C)n3)CCCC4)CC2)cc1. The number of hydrogen-bond donors (Lipinski definition) is 3. The number of nitrogens with zero attached hydrogens (tertiary/aromatic N) is 3. The van der Waals surface area contributed by atoms with E-state index in [0.717, 1.165) is 61.7 Å². The van der Waals surface area contributed by atoms with Crippen LogP contribution in [0.2, 0.25) is 0 Å². The molecule has 1 aromatic carbocycles. The molecule has 1 saturated carbocycles. The van der Waals surface area contributed by atoms with Crippen molar-refractivity contribution in [2.45, 2.75) is 63.5 Å². The Bertz CT molecular complexity index is 923. The standard InChI is InChI=1S/C24H34N6O2/c1-30(2)22-20-6-4-5-7-21(20)28-23(29-22)25-16-8-10-17(11-9-16)26-24(31)27-18-12-14-19(32-3)15-13-18/h12-17H,4-11H2,1-3H3,(H,25,28,29)(H2,26,27,31)/t16-,17+. The second kappa shape index (κ2) is 10.1. The fourth-order valence-electron chi connectivity index (χ4n) is 4.60.